The Hall–Kier alpha value is -2.68. The minimum Gasteiger partial charge on any atom is -0.346 e. The number of hydrogen-bond acceptors (Lipinski definition) is 3. The molecule has 0 radical (unpaired) electrons. The van der Waals surface area contributed by atoms with Crippen LogP contribution in [0.25, 0.3) is 0 Å². The molecule has 3 aromatic rings. The second-order valence-electron chi connectivity index (χ2n) is 7.35. The van der Waals surface area contributed by atoms with Crippen LogP contribution in [-0.2, 0) is 18.5 Å². The van der Waals surface area contributed by atoms with Gasteiger partial charge in [0, 0.05) is 18.5 Å². The van der Waals surface area contributed by atoms with Crippen molar-refractivity contribution in [3.05, 3.63) is 89.6 Å². The van der Waals surface area contributed by atoms with Gasteiger partial charge in [-0.15, -0.1) is 5.10 Å². The monoisotopic (exact) mass is 331 g/mol. The Kier molecular flexibility index (Phi) is 5.13. The molecule has 3 heteroatoms. The van der Waals surface area contributed by atoms with Crippen LogP contribution >= 0.6 is 0 Å². The lowest BCUT2D eigenvalue weighted by atomic mass is 9.92. The Morgan fingerprint density at radius 3 is 1.60 bits per heavy atom. The molecular formula is C22H25N3. The van der Waals surface area contributed by atoms with Crippen LogP contribution in [0.1, 0.15) is 37.6 Å². The van der Waals surface area contributed by atoms with Gasteiger partial charge in [-0.25, -0.2) is 0 Å². The molecule has 0 aliphatic heterocycles. The van der Waals surface area contributed by atoms with Gasteiger partial charge in [0.2, 0.25) is 0 Å². The predicted molar refractivity (Wildman–Crippen MR) is 104 cm³/mol. The topological polar surface area (TPSA) is 29.0 Å². The molecule has 0 spiro atoms. The molecule has 25 heavy (non-hydrogen) atoms. The van der Waals surface area contributed by atoms with Crippen molar-refractivity contribution in [2.45, 2.75) is 39.3 Å². The van der Waals surface area contributed by atoms with Crippen molar-refractivity contribution in [3.63, 3.8) is 0 Å². The summed E-state index contributed by atoms with van der Waals surface area (Å²) in [6, 6.07) is 25.1. The molecule has 0 unspecified atom stereocenters. The number of aromatic nitrogens is 2. The summed E-state index contributed by atoms with van der Waals surface area (Å²) in [6.07, 6.45) is 0. The van der Waals surface area contributed by atoms with Crippen LogP contribution in [0.15, 0.2) is 72.8 Å². The van der Waals surface area contributed by atoms with Crippen molar-refractivity contribution >= 4 is 5.82 Å². The summed E-state index contributed by atoms with van der Waals surface area (Å²) >= 11 is 0. The minimum atomic E-state index is 0.00915. The van der Waals surface area contributed by atoms with Crippen LogP contribution in [0, 0.1) is 0 Å². The van der Waals surface area contributed by atoms with Crippen LogP contribution in [0.4, 0.5) is 5.82 Å². The van der Waals surface area contributed by atoms with Crippen molar-refractivity contribution in [2.24, 2.45) is 0 Å². The van der Waals surface area contributed by atoms with Gasteiger partial charge in [0.25, 0.3) is 0 Å². The minimum absolute atomic E-state index is 0.00915. The maximum Gasteiger partial charge on any atom is 0.151 e. The fourth-order valence-corrected chi connectivity index (χ4v) is 2.72. The lowest BCUT2D eigenvalue weighted by Crippen LogP contribution is -2.24. The second kappa shape index (κ2) is 7.47. The van der Waals surface area contributed by atoms with Gasteiger partial charge in [-0.05, 0) is 23.3 Å². The lowest BCUT2D eigenvalue weighted by Gasteiger charge is -2.25. The standard InChI is InChI=1S/C22H25N3/c1-22(2,3)20-14-15-21(24-23-20)25(16-18-10-6-4-7-11-18)17-19-12-8-5-9-13-19/h4-15H,16-17H2,1-3H3. The van der Waals surface area contributed by atoms with E-state index in [0.29, 0.717) is 0 Å². The molecule has 128 valence electrons. The highest BCUT2D eigenvalue weighted by Crippen LogP contribution is 2.22. The van der Waals surface area contributed by atoms with Crippen LogP contribution < -0.4 is 4.90 Å². The van der Waals surface area contributed by atoms with Crippen molar-refractivity contribution < 1.29 is 0 Å². The van der Waals surface area contributed by atoms with Gasteiger partial charge < -0.3 is 4.90 Å². The molecular weight excluding hydrogens is 306 g/mol. The first kappa shape index (κ1) is 17.2. The fourth-order valence-electron chi connectivity index (χ4n) is 2.72. The molecule has 1 heterocycles. The Labute approximate surface area is 150 Å². The fraction of sp³-hybridized carbons (Fsp3) is 0.273. The zero-order valence-electron chi connectivity index (χ0n) is 15.2. The molecule has 0 saturated carbocycles. The zero-order valence-corrected chi connectivity index (χ0v) is 15.2. The van der Waals surface area contributed by atoms with E-state index in [1.54, 1.807) is 0 Å². The molecule has 0 atom stereocenters. The molecule has 0 N–H and O–H groups in total. The quantitative estimate of drug-likeness (QED) is 0.660. The molecule has 0 amide bonds. The van der Waals surface area contributed by atoms with Gasteiger partial charge in [0.1, 0.15) is 0 Å². The van der Waals surface area contributed by atoms with Gasteiger partial charge in [-0.1, -0.05) is 81.4 Å². The van der Waals surface area contributed by atoms with Gasteiger partial charge in [0.05, 0.1) is 5.69 Å². The normalized spacial score (nSPS) is 11.3. The Bertz CT molecular complexity index is 734. The highest BCUT2D eigenvalue weighted by molar-refractivity contribution is 5.40. The van der Waals surface area contributed by atoms with E-state index in [0.717, 1.165) is 24.6 Å². The highest BCUT2D eigenvalue weighted by Gasteiger charge is 2.17. The molecule has 0 aliphatic rings. The lowest BCUT2D eigenvalue weighted by molar-refractivity contribution is 0.557. The van der Waals surface area contributed by atoms with Crippen molar-refractivity contribution in [1.29, 1.82) is 0 Å². The number of hydrogen-bond donors (Lipinski definition) is 0. The molecule has 1 aromatic heterocycles. The average molecular weight is 331 g/mol. The van der Waals surface area contributed by atoms with E-state index in [-0.39, 0.29) is 5.41 Å². The second-order valence-corrected chi connectivity index (χ2v) is 7.35. The zero-order chi connectivity index (χ0) is 17.7. The van der Waals surface area contributed by atoms with Gasteiger partial charge >= 0.3 is 0 Å². The largest absolute Gasteiger partial charge is 0.346 e. The van der Waals surface area contributed by atoms with Crippen LogP contribution in [0.2, 0.25) is 0 Å². The summed E-state index contributed by atoms with van der Waals surface area (Å²) in [6.45, 7) is 8.08. The first-order valence-corrected chi connectivity index (χ1v) is 8.69. The molecule has 3 rings (SSSR count). The third kappa shape index (κ3) is 4.66. The van der Waals surface area contributed by atoms with E-state index in [9.17, 15) is 0 Å². The summed E-state index contributed by atoms with van der Waals surface area (Å²) in [4.78, 5) is 2.27. The predicted octanol–water partition coefficient (Wildman–Crippen LogP) is 4.98. The Balaban J connectivity index is 1.87. The number of nitrogens with zero attached hydrogens (tertiary/aromatic N) is 3. The third-order valence-corrected chi connectivity index (χ3v) is 4.18. The van der Waals surface area contributed by atoms with Crippen molar-refractivity contribution in [1.82, 2.24) is 10.2 Å². The Morgan fingerprint density at radius 2 is 1.20 bits per heavy atom. The van der Waals surface area contributed by atoms with E-state index >= 15 is 0 Å². The van der Waals surface area contributed by atoms with E-state index in [2.05, 4.69) is 96.5 Å². The molecule has 0 saturated heterocycles. The SMILES string of the molecule is CC(C)(C)c1ccc(N(Cc2ccccc2)Cc2ccccc2)nn1. The molecule has 0 bridgehead atoms. The van der Waals surface area contributed by atoms with Gasteiger partial charge in [0.15, 0.2) is 5.82 Å². The van der Waals surface area contributed by atoms with E-state index in [4.69, 9.17) is 0 Å². The maximum absolute atomic E-state index is 4.51. The number of benzene rings is 2. The average Bonchev–Trinajstić information content (AvgIpc) is 2.62. The van der Waals surface area contributed by atoms with E-state index in [1.165, 1.54) is 11.1 Å². The van der Waals surface area contributed by atoms with Crippen LogP contribution in [-0.4, -0.2) is 10.2 Å². The highest BCUT2D eigenvalue weighted by atomic mass is 15.3. The van der Waals surface area contributed by atoms with E-state index < -0.39 is 0 Å². The molecule has 2 aromatic carbocycles. The first-order chi connectivity index (χ1) is 12.0. The molecule has 3 nitrogen and oxygen atoms in total. The summed E-state index contributed by atoms with van der Waals surface area (Å²) in [7, 11) is 0. The van der Waals surface area contributed by atoms with Gasteiger partial charge in [-0.2, -0.15) is 5.10 Å². The molecule has 0 aliphatic carbocycles. The number of rotatable bonds is 5. The number of anilines is 1. The first-order valence-electron chi connectivity index (χ1n) is 8.69. The summed E-state index contributed by atoms with van der Waals surface area (Å²) in [5.41, 5.74) is 3.55. The summed E-state index contributed by atoms with van der Waals surface area (Å²) in [5.74, 6) is 0.903. The van der Waals surface area contributed by atoms with Gasteiger partial charge in [-0.3, -0.25) is 0 Å². The molecule has 0 fully saturated rings. The van der Waals surface area contributed by atoms with Crippen LogP contribution in [0.5, 0.6) is 0 Å². The summed E-state index contributed by atoms with van der Waals surface area (Å²) in [5, 5.41) is 8.98. The van der Waals surface area contributed by atoms with Crippen molar-refractivity contribution in [3.8, 4) is 0 Å². The smallest absolute Gasteiger partial charge is 0.151 e. The summed E-state index contributed by atoms with van der Waals surface area (Å²) < 4.78 is 0. The Morgan fingerprint density at radius 1 is 0.680 bits per heavy atom. The third-order valence-electron chi connectivity index (χ3n) is 4.18. The van der Waals surface area contributed by atoms with Crippen LogP contribution in [0.3, 0.4) is 0 Å². The van der Waals surface area contributed by atoms with Crippen molar-refractivity contribution in [2.75, 3.05) is 4.90 Å². The maximum atomic E-state index is 4.51. The van der Waals surface area contributed by atoms with E-state index in [1.807, 2.05) is 12.1 Å².